The van der Waals surface area contributed by atoms with Gasteiger partial charge in [0.1, 0.15) is 5.82 Å². The van der Waals surface area contributed by atoms with E-state index >= 15 is 0 Å². The van der Waals surface area contributed by atoms with Gasteiger partial charge in [0.15, 0.2) is 5.96 Å². The molecule has 0 aromatic heterocycles. The number of nitrogens with one attached hydrogen (secondary N) is 2. The zero-order valence-corrected chi connectivity index (χ0v) is 13.8. The smallest absolute Gasteiger partial charge is 0.224 e. The number of rotatable bonds is 4. The van der Waals surface area contributed by atoms with Crippen molar-refractivity contribution >= 4 is 17.6 Å². The van der Waals surface area contributed by atoms with E-state index in [1.54, 1.807) is 12.1 Å². The number of hydrogen-bond acceptors (Lipinski definition) is 5. The summed E-state index contributed by atoms with van der Waals surface area (Å²) in [5, 5.41) is 6.36. The van der Waals surface area contributed by atoms with E-state index < -0.39 is 0 Å². The molecular formula is C17H24FN5O. The lowest BCUT2D eigenvalue weighted by molar-refractivity contribution is -0.131. The largest absolute Gasteiger partial charge is 0.368 e. The molecule has 2 heterocycles. The highest BCUT2D eigenvalue weighted by molar-refractivity contribution is 5.81. The second-order valence-electron chi connectivity index (χ2n) is 6.03. The van der Waals surface area contributed by atoms with Crippen LogP contribution in [0.5, 0.6) is 0 Å². The van der Waals surface area contributed by atoms with Crippen LogP contribution >= 0.6 is 0 Å². The van der Waals surface area contributed by atoms with Crippen LogP contribution in [0.3, 0.4) is 0 Å². The number of anilines is 1. The zero-order valence-electron chi connectivity index (χ0n) is 13.8. The van der Waals surface area contributed by atoms with E-state index in [9.17, 15) is 9.18 Å². The highest BCUT2D eigenvalue weighted by Crippen LogP contribution is 2.17. The Morgan fingerprint density at radius 2 is 1.96 bits per heavy atom. The lowest BCUT2D eigenvalue weighted by atomic mass is 10.2. The molecule has 0 atom stereocenters. The summed E-state index contributed by atoms with van der Waals surface area (Å²) in [5.74, 6) is 0.741. The molecule has 2 aliphatic heterocycles. The number of carbonyl (C=O) groups excluding carboxylic acids is 1. The van der Waals surface area contributed by atoms with Crippen molar-refractivity contribution in [1.82, 2.24) is 15.5 Å². The number of nitrogens with zero attached hydrogens (tertiary/aromatic N) is 3. The van der Waals surface area contributed by atoms with Crippen LogP contribution in [0.1, 0.15) is 12.8 Å². The molecule has 24 heavy (non-hydrogen) atoms. The minimum Gasteiger partial charge on any atom is -0.368 e. The third-order valence-corrected chi connectivity index (χ3v) is 4.35. The summed E-state index contributed by atoms with van der Waals surface area (Å²) in [4.78, 5) is 20.7. The van der Waals surface area contributed by atoms with Crippen molar-refractivity contribution in [1.29, 1.82) is 0 Å². The van der Waals surface area contributed by atoms with Gasteiger partial charge in [0.05, 0.1) is 0 Å². The molecule has 2 aliphatic rings. The first kappa shape index (κ1) is 16.5. The maximum atomic E-state index is 13.0. The summed E-state index contributed by atoms with van der Waals surface area (Å²) in [6, 6.07) is 6.52. The molecule has 0 aliphatic carbocycles. The van der Waals surface area contributed by atoms with Crippen LogP contribution in [0.15, 0.2) is 29.3 Å². The Morgan fingerprint density at radius 3 is 2.62 bits per heavy atom. The molecule has 0 radical (unpaired) electrons. The molecule has 6 nitrogen and oxygen atoms in total. The van der Waals surface area contributed by atoms with Crippen molar-refractivity contribution in [3.05, 3.63) is 30.1 Å². The molecule has 1 aromatic carbocycles. The Hall–Kier alpha value is -2.31. The average Bonchev–Trinajstić information content (AvgIpc) is 2.63. The Balaban J connectivity index is 1.40. The molecule has 0 saturated carbocycles. The molecule has 1 amide bonds. The van der Waals surface area contributed by atoms with Crippen LogP contribution in [-0.2, 0) is 4.79 Å². The number of benzene rings is 1. The number of carbonyl (C=O) groups is 1. The van der Waals surface area contributed by atoms with E-state index in [0.717, 1.165) is 44.2 Å². The van der Waals surface area contributed by atoms with Crippen molar-refractivity contribution in [2.45, 2.75) is 12.8 Å². The normalized spacial score (nSPS) is 18.0. The van der Waals surface area contributed by atoms with Crippen LogP contribution in [-0.4, -0.2) is 62.6 Å². The molecule has 3 rings (SSSR count). The molecule has 0 bridgehead atoms. The van der Waals surface area contributed by atoms with Crippen molar-refractivity contribution in [3.8, 4) is 0 Å². The standard InChI is InChI=1S/C17H24FN5O/c18-14-2-4-15(5-3-14)22-10-12-23(13-11-22)16(24)6-9-21-17-19-7-1-8-20-17/h2-5H,1,6-13H2,(H2,19,20,21). The van der Waals surface area contributed by atoms with Gasteiger partial charge in [-0.1, -0.05) is 0 Å². The van der Waals surface area contributed by atoms with Crippen LogP contribution < -0.4 is 15.5 Å². The number of hydrogen-bond donors (Lipinski definition) is 2. The van der Waals surface area contributed by atoms with Crippen LogP contribution in [0.4, 0.5) is 10.1 Å². The SMILES string of the molecule is O=C(CCNC1=NCCCN1)N1CCN(c2ccc(F)cc2)CC1. The molecule has 1 aromatic rings. The van der Waals surface area contributed by atoms with E-state index in [-0.39, 0.29) is 11.7 Å². The van der Waals surface area contributed by atoms with Gasteiger partial charge in [-0.25, -0.2) is 4.39 Å². The Labute approximate surface area is 141 Å². The first-order valence-electron chi connectivity index (χ1n) is 8.53. The van der Waals surface area contributed by atoms with Crippen molar-refractivity contribution < 1.29 is 9.18 Å². The van der Waals surface area contributed by atoms with E-state index in [1.807, 2.05) is 4.90 Å². The van der Waals surface area contributed by atoms with Gasteiger partial charge in [-0.05, 0) is 30.7 Å². The van der Waals surface area contributed by atoms with Gasteiger partial charge in [0, 0.05) is 57.9 Å². The topological polar surface area (TPSA) is 60.0 Å². The first-order chi connectivity index (χ1) is 11.7. The van der Waals surface area contributed by atoms with E-state index in [4.69, 9.17) is 0 Å². The molecule has 0 spiro atoms. The predicted molar refractivity (Wildman–Crippen MR) is 92.7 cm³/mol. The molecule has 130 valence electrons. The maximum Gasteiger partial charge on any atom is 0.224 e. The third-order valence-electron chi connectivity index (χ3n) is 4.35. The first-order valence-corrected chi connectivity index (χ1v) is 8.53. The van der Waals surface area contributed by atoms with Gasteiger partial charge in [0.25, 0.3) is 0 Å². The second-order valence-corrected chi connectivity index (χ2v) is 6.03. The Bertz CT molecular complexity index is 581. The highest BCUT2D eigenvalue weighted by Gasteiger charge is 2.21. The summed E-state index contributed by atoms with van der Waals surface area (Å²) >= 11 is 0. The molecule has 7 heteroatoms. The molecular weight excluding hydrogens is 309 g/mol. The van der Waals surface area contributed by atoms with Crippen molar-refractivity contribution in [2.24, 2.45) is 4.99 Å². The van der Waals surface area contributed by atoms with Gasteiger partial charge in [0.2, 0.25) is 5.91 Å². The predicted octanol–water partition coefficient (Wildman–Crippen LogP) is 0.803. The highest BCUT2D eigenvalue weighted by atomic mass is 19.1. The summed E-state index contributed by atoms with van der Waals surface area (Å²) in [5.41, 5.74) is 1.01. The van der Waals surface area contributed by atoms with E-state index in [2.05, 4.69) is 20.5 Å². The summed E-state index contributed by atoms with van der Waals surface area (Å²) < 4.78 is 13.0. The van der Waals surface area contributed by atoms with Crippen LogP contribution in [0.25, 0.3) is 0 Å². The lowest BCUT2D eigenvalue weighted by Gasteiger charge is -2.36. The fraction of sp³-hybridized carbons (Fsp3) is 0.529. The van der Waals surface area contributed by atoms with Gasteiger partial charge < -0.3 is 20.4 Å². The quantitative estimate of drug-likeness (QED) is 0.856. The molecule has 2 N–H and O–H groups in total. The molecule has 1 saturated heterocycles. The summed E-state index contributed by atoms with van der Waals surface area (Å²) in [7, 11) is 0. The Kier molecular flexibility index (Phi) is 5.51. The number of guanidine groups is 1. The maximum absolute atomic E-state index is 13.0. The number of amides is 1. The van der Waals surface area contributed by atoms with Gasteiger partial charge in [-0.2, -0.15) is 0 Å². The third kappa shape index (κ3) is 4.37. The van der Waals surface area contributed by atoms with Crippen LogP contribution in [0.2, 0.25) is 0 Å². The van der Waals surface area contributed by atoms with E-state index in [0.29, 0.717) is 26.1 Å². The molecule has 1 fully saturated rings. The minimum atomic E-state index is -0.225. The van der Waals surface area contributed by atoms with Gasteiger partial charge in [-0.15, -0.1) is 0 Å². The van der Waals surface area contributed by atoms with Crippen LogP contribution in [0, 0.1) is 5.82 Å². The average molecular weight is 333 g/mol. The monoisotopic (exact) mass is 333 g/mol. The lowest BCUT2D eigenvalue weighted by Crippen LogP contribution is -2.49. The van der Waals surface area contributed by atoms with E-state index in [1.165, 1.54) is 12.1 Å². The minimum absolute atomic E-state index is 0.165. The summed E-state index contributed by atoms with van der Waals surface area (Å²) in [6.45, 7) is 5.34. The number of aliphatic imine (C=N–C) groups is 1. The summed E-state index contributed by atoms with van der Waals surface area (Å²) in [6.07, 6.45) is 1.53. The number of piperazine rings is 1. The number of halogens is 1. The fourth-order valence-electron chi connectivity index (χ4n) is 2.96. The molecule has 0 unspecified atom stereocenters. The fourth-order valence-corrected chi connectivity index (χ4v) is 2.96. The van der Waals surface area contributed by atoms with Gasteiger partial charge >= 0.3 is 0 Å². The zero-order chi connectivity index (χ0) is 16.8. The Morgan fingerprint density at radius 1 is 1.21 bits per heavy atom. The van der Waals surface area contributed by atoms with Crippen molar-refractivity contribution in [2.75, 3.05) is 50.7 Å². The van der Waals surface area contributed by atoms with Gasteiger partial charge in [-0.3, -0.25) is 9.79 Å². The second kappa shape index (κ2) is 7.99. The van der Waals surface area contributed by atoms with Crippen molar-refractivity contribution in [3.63, 3.8) is 0 Å².